The number of carbonyl (C=O) groups is 1. The third-order valence-electron chi connectivity index (χ3n) is 5.75. The van der Waals surface area contributed by atoms with E-state index in [4.69, 9.17) is 9.15 Å². The van der Waals surface area contributed by atoms with Crippen LogP contribution in [-0.4, -0.2) is 27.8 Å². The molecule has 1 aliphatic rings. The molecule has 0 aliphatic carbocycles. The van der Waals surface area contributed by atoms with E-state index in [9.17, 15) is 14.7 Å². The number of hydrogen-bond acceptors (Lipinski definition) is 8. The number of amides is 1. The summed E-state index contributed by atoms with van der Waals surface area (Å²) in [5, 5.41) is 20.3. The van der Waals surface area contributed by atoms with Crippen LogP contribution in [0.5, 0.6) is 11.5 Å². The van der Waals surface area contributed by atoms with Crippen LogP contribution in [0.4, 0.5) is 5.13 Å². The largest absolute Gasteiger partial charge is 0.504 e. The van der Waals surface area contributed by atoms with Crippen LogP contribution >= 0.6 is 11.3 Å². The number of aryl methyl sites for hydroxylation is 2. The van der Waals surface area contributed by atoms with E-state index < -0.39 is 11.9 Å². The topological polar surface area (TPSA) is 106 Å². The number of rotatable bonds is 6. The third kappa shape index (κ3) is 3.52. The first kappa shape index (κ1) is 22.1. The van der Waals surface area contributed by atoms with Crippen molar-refractivity contribution in [1.29, 1.82) is 0 Å². The summed E-state index contributed by atoms with van der Waals surface area (Å²) in [6, 6.07) is 9.32. The molecule has 0 bridgehead atoms. The Morgan fingerprint density at radius 3 is 2.74 bits per heavy atom. The molecule has 174 valence electrons. The summed E-state index contributed by atoms with van der Waals surface area (Å²) in [4.78, 5) is 28.8. The van der Waals surface area contributed by atoms with Crippen LogP contribution in [0.3, 0.4) is 0 Å². The molecule has 9 heteroatoms. The first-order valence-corrected chi connectivity index (χ1v) is 11.9. The predicted molar refractivity (Wildman–Crippen MR) is 129 cm³/mol. The molecule has 2 aromatic heterocycles. The molecule has 34 heavy (non-hydrogen) atoms. The second kappa shape index (κ2) is 8.57. The maximum absolute atomic E-state index is 13.7. The lowest BCUT2D eigenvalue weighted by Crippen LogP contribution is -2.29. The Labute approximate surface area is 199 Å². The summed E-state index contributed by atoms with van der Waals surface area (Å²) in [7, 11) is 0. The molecule has 5 rings (SSSR count). The molecule has 0 spiro atoms. The molecule has 1 N–H and O–H groups in total. The van der Waals surface area contributed by atoms with Crippen LogP contribution in [0.1, 0.15) is 58.6 Å². The molecule has 1 amide bonds. The molecule has 1 aliphatic heterocycles. The second-order valence-corrected chi connectivity index (χ2v) is 9.18. The number of aromatic nitrogens is 2. The van der Waals surface area contributed by atoms with Crippen LogP contribution in [0.25, 0.3) is 11.0 Å². The maximum atomic E-state index is 13.7. The average Bonchev–Trinajstić information content (AvgIpc) is 3.39. The molecular formula is C25H23N3O5S. The monoisotopic (exact) mass is 477 g/mol. The van der Waals surface area contributed by atoms with Crippen LogP contribution in [0.15, 0.2) is 45.6 Å². The van der Waals surface area contributed by atoms with Gasteiger partial charge in [0.2, 0.25) is 10.9 Å². The number of phenols is 1. The van der Waals surface area contributed by atoms with Crippen molar-refractivity contribution in [3.8, 4) is 11.5 Å². The SMILES string of the molecule is CCCc1nnc(N2C(=O)c3oc4ccc(C)cc4c(=O)c3C2c2ccc(O)c(OCC)c2)s1. The fraction of sp³-hybridized carbons (Fsp3) is 0.280. The highest BCUT2D eigenvalue weighted by molar-refractivity contribution is 7.15. The van der Waals surface area contributed by atoms with Gasteiger partial charge in [-0.1, -0.05) is 36.0 Å². The van der Waals surface area contributed by atoms with Gasteiger partial charge in [-0.05, 0) is 50.1 Å². The van der Waals surface area contributed by atoms with E-state index in [1.165, 1.54) is 22.3 Å². The van der Waals surface area contributed by atoms with Gasteiger partial charge in [0.1, 0.15) is 10.6 Å². The van der Waals surface area contributed by atoms with Crippen LogP contribution in [0, 0.1) is 6.92 Å². The Morgan fingerprint density at radius 2 is 1.97 bits per heavy atom. The standard InChI is InChI=1S/C25H23N3O5S/c1-4-6-19-26-27-25(34-19)28-21(14-8-9-16(29)18(12-14)32-5-2)20-22(30)15-11-13(3)7-10-17(15)33-23(20)24(28)31/h7-12,21,29H,4-6H2,1-3H3. The van der Waals surface area contributed by atoms with Crippen LogP contribution in [0.2, 0.25) is 0 Å². The van der Waals surface area contributed by atoms with Crippen molar-refractivity contribution in [2.24, 2.45) is 0 Å². The molecule has 0 saturated heterocycles. The predicted octanol–water partition coefficient (Wildman–Crippen LogP) is 4.76. The molecular weight excluding hydrogens is 454 g/mol. The number of anilines is 1. The number of phenolic OH excluding ortho intramolecular Hbond substituents is 1. The highest BCUT2D eigenvalue weighted by atomic mass is 32.1. The molecule has 4 aromatic rings. The van der Waals surface area contributed by atoms with Gasteiger partial charge in [0.05, 0.1) is 23.6 Å². The highest BCUT2D eigenvalue weighted by Crippen LogP contribution is 2.44. The van der Waals surface area contributed by atoms with Crippen molar-refractivity contribution >= 4 is 33.3 Å². The summed E-state index contributed by atoms with van der Waals surface area (Å²) in [6.45, 7) is 6.10. The fourth-order valence-corrected chi connectivity index (χ4v) is 5.20. The highest BCUT2D eigenvalue weighted by Gasteiger charge is 2.45. The van der Waals surface area contributed by atoms with Gasteiger partial charge in [-0.15, -0.1) is 10.2 Å². The first-order valence-electron chi connectivity index (χ1n) is 11.1. The minimum atomic E-state index is -0.800. The van der Waals surface area contributed by atoms with Gasteiger partial charge in [-0.25, -0.2) is 0 Å². The number of hydrogen-bond donors (Lipinski definition) is 1. The molecule has 1 unspecified atom stereocenters. The first-order chi connectivity index (χ1) is 16.4. The van der Waals surface area contributed by atoms with Crippen molar-refractivity contribution in [2.45, 2.75) is 39.7 Å². The number of aromatic hydroxyl groups is 1. The molecule has 1 atom stereocenters. The van der Waals surface area contributed by atoms with E-state index in [1.54, 1.807) is 24.3 Å². The Kier molecular flexibility index (Phi) is 5.57. The molecule has 2 aromatic carbocycles. The molecule has 0 fully saturated rings. The summed E-state index contributed by atoms with van der Waals surface area (Å²) in [5.74, 6) is -0.218. The quantitative estimate of drug-likeness (QED) is 0.427. The van der Waals surface area contributed by atoms with E-state index in [-0.39, 0.29) is 28.3 Å². The zero-order chi connectivity index (χ0) is 24.0. The van der Waals surface area contributed by atoms with Crippen molar-refractivity contribution < 1.29 is 19.1 Å². The average molecular weight is 478 g/mol. The molecule has 3 heterocycles. The summed E-state index contributed by atoms with van der Waals surface area (Å²) >= 11 is 1.32. The van der Waals surface area contributed by atoms with Crippen LogP contribution < -0.4 is 15.1 Å². The van der Waals surface area contributed by atoms with Gasteiger partial charge in [-0.2, -0.15) is 0 Å². The van der Waals surface area contributed by atoms with Crippen molar-refractivity contribution in [2.75, 3.05) is 11.5 Å². The van der Waals surface area contributed by atoms with Gasteiger partial charge in [0.15, 0.2) is 16.9 Å². The second-order valence-electron chi connectivity index (χ2n) is 8.14. The molecule has 0 radical (unpaired) electrons. The van der Waals surface area contributed by atoms with E-state index >= 15 is 0 Å². The summed E-state index contributed by atoms with van der Waals surface area (Å²) in [6.07, 6.45) is 1.64. The normalized spacial score (nSPS) is 15.2. The Morgan fingerprint density at radius 1 is 1.15 bits per heavy atom. The minimum absolute atomic E-state index is 0.00960. The fourth-order valence-electron chi connectivity index (χ4n) is 4.23. The lowest BCUT2D eigenvalue weighted by atomic mass is 9.98. The molecule has 0 saturated carbocycles. The van der Waals surface area contributed by atoms with Crippen molar-refractivity contribution in [3.63, 3.8) is 0 Å². The molecule has 8 nitrogen and oxygen atoms in total. The maximum Gasteiger partial charge on any atom is 0.297 e. The zero-order valence-corrected chi connectivity index (χ0v) is 19.8. The van der Waals surface area contributed by atoms with E-state index in [0.717, 1.165) is 23.4 Å². The third-order valence-corrected chi connectivity index (χ3v) is 6.73. The smallest absolute Gasteiger partial charge is 0.297 e. The number of fused-ring (bicyclic) bond motifs is 2. The van der Waals surface area contributed by atoms with Crippen molar-refractivity contribution in [1.82, 2.24) is 10.2 Å². The summed E-state index contributed by atoms with van der Waals surface area (Å²) in [5.41, 5.74) is 1.83. The summed E-state index contributed by atoms with van der Waals surface area (Å²) < 4.78 is 11.6. The zero-order valence-electron chi connectivity index (χ0n) is 19.0. The Hall–Kier alpha value is -3.72. The Bertz CT molecular complexity index is 1480. The minimum Gasteiger partial charge on any atom is -0.504 e. The van der Waals surface area contributed by atoms with E-state index in [1.807, 2.05) is 26.8 Å². The van der Waals surface area contributed by atoms with Gasteiger partial charge in [0.25, 0.3) is 5.91 Å². The van der Waals surface area contributed by atoms with E-state index in [2.05, 4.69) is 10.2 Å². The van der Waals surface area contributed by atoms with Gasteiger partial charge in [0, 0.05) is 6.42 Å². The number of ether oxygens (including phenoxy) is 1. The number of benzene rings is 2. The van der Waals surface area contributed by atoms with Crippen molar-refractivity contribution in [3.05, 3.63) is 74.1 Å². The lowest BCUT2D eigenvalue weighted by Gasteiger charge is -2.22. The number of carbonyl (C=O) groups excluding carboxylic acids is 1. The Balaban J connectivity index is 1.76. The number of nitrogens with zero attached hydrogens (tertiary/aromatic N) is 3. The van der Waals surface area contributed by atoms with Gasteiger partial charge >= 0.3 is 0 Å². The van der Waals surface area contributed by atoms with Crippen LogP contribution in [-0.2, 0) is 6.42 Å². The van der Waals surface area contributed by atoms with E-state index in [0.29, 0.717) is 28.3 Å². The lowest BCUT2D eigenvalue weighted by molar-refractivity contribution is 0.0970. The van der Waals surface area contributed by atoms with Gasteiger partial charge in [-0.3, -0.25) is 14.5 Å². The van der Waals surface area contributed by atoms with Gasteiger partial charge < -0.3 is 14.3 Å².